The van der Waals surface area contributed by atoms with Crippen molar-refractivity contribution in [2.75, 3.05) is 5.73 Å². The quantitative estimate of drug-likeness (QED) is 0.683. The SMILES string of the molecule is CCCCCCCn1cnc(N)n1. The molecule has 74 valence electrons. The van der Waals surface area contributed by atoms with Crippen LogP contribution >= 0.6 is 0 Å². The Morgan fingerprint density at radius 2 is 2.08 bits per heavy atom. The van der Waals surface area contributed by atoms with Gasteiger partial charge in [-0.25, -0.2) is 4.98 Å². The number of hydrogen-bond donors (Lipinski definition) is 1. The highest BCUT2D eigenvalue weighted by molar-refractivity contribution is 5.08. The molecule has 0 unspecified atom stereocenters. The third-order valence-electron chi connectivity index (χ3n) is 2.04. The lowest BCUT2D eigenvalue weighted by Gasteiger charge is -1.99. The van der Waals surface area contributed by atoms with Crippen LogP contribution in [0, 0.1) is 0 Å². The highest BCUT2D eigenvalue weighted by Crippen LogP contribution is 2.03. The van der Waals surface area contributed by atoms with Gasteiger partial charge < -0.3 is 5.73 Å². The second-order valence-corrected chi connectivity index (χ2v) is 3.28. The smallest absolute Gasteiger partial charge is 0.239 e. The molecule has 0 aromatic carbocycles. The molecule has 1 aromatic heterocycles. The van der Waals surface area contributed by atoms with Gasteiger partial charge in [0, 0.05) is 6.54 Å². The van der Waals surface area contributed by atoms with E-state index in [1.807, 2.05) is 0 Å². The van der Waals surface area contributed by atoms with Gasteiger partial charge in [0.2, 0.25) is 5.95 Å². The summed E-state index contributed by atoms with van der Waals surface area (Å²) in [5.41, 5.74) is 5.39. The van der Waals surface area contributed by atoms with E-state index in [0.29, 0.717) is 5.95 Å². The lowest BCUT2D eigenvalue weighted by molar-refractivity contribution is 0.533. The molecule has 13 heavy (non-hydrogen) atoms. The highest BCUT2D eigenvalue weighted by atomic mass is 15.3. The zero-order valence-corrected chi connectivity index (χ0v) is 8.24. The second-order valence-electron chi connectivity index (χ2n) is 3.28. The average Bonchev–Trinajstić information content (AvgIpc) is 2.51. The van der Waals surface area contributed by atoms with Gasteiger partial charge in [0.05, 0.1) is 0 Å². The second kappa shape index (κ2) is 5.56. The van der Waals surface area contributed by atoms with E-state index < -0.39 is 0 Å². The lowest BCUT2D eigenvalue weighted by Crippen LogP contribution is -1.99. The van der Waals surface area contributed by atoms with E-state index in [4.69, 9.17) is 5.73 Å². The number of rotatable bonds is 6. The summed E-state index contributed by atoms with van der Waals surface area (Å²) in [4.78, 5) is 3.86. The minimum Gasteiger partial charge on any atom is -0.367 e. The standard InChI is InChI=1S/C9H18N4/c1-2-3-4-5-6-7-13-8-11-9(10)12-13/h8H,2-7H2,1H3,(H2,10,12). The van der Waals surface area contributed by atoms with Gasteiger partial charge >= 0.3 is 0 Å². The monoisotopic (exact) mass is 182 g/mol. The summed E-state index contributed by atoms with van der Waals surface area (Å²) in [6.45, 7) is 3.16. The first-order valence-electron chi connectivity index (χ1n) is 4.98. The fourth-order valence-electron chi connectivity index (χ4n) is 1.29. The average molecular weight is 182 g/mol. The lowest BCUT2D eigenvalue weighted by atomic mass is 10.1. The minimum absolute atomic E-state index is 0.369. The fourth-order valence-corrected chi connectivity index (χ4v) is 1.29. The van der Waals surface area contributed by atoms with Crippen molar-refractivity contribution in [3.8, 4) is 0 Å². The van der Waals surface area contributed by atoms with Crippen LogP contribution in [0.2, 0.25) is 0 Å². The van der Waals surface area contributed by atoms with Gasteiger partial charge in [0.15, 0.2) is 0 Å². The van der Waals surface area contributed by atoms with Crippen molar-refractivity contribution >= 4 is 5.95 Å². The van der Waals surface area contributed by atoms with Crippen LogP contribution in [0.25, 0.3) is 0 Å². The molecule has 0 saturated heterocycles. The maximum absolute atomic E-state index is 5.39. The molecule has 0 saturated carbocycles. The summed E-state index contributed by atoms with van der Waals surface area (Å²) in [6, 6.07) is 0. The zero-order chi connectivity index (χ0) is 9.52. The Bertz CT molecular complexity index is 231. The molecule has 0 spiro atoms. The van der Waals surface area contributed by atoms with Gasteiger partial charge in [-0.1, -0.05) is 32.6 Å². The number of nitrogens with two attached hydrogens (primary N) is 1. The molecule has 4 heteroatoms. The van der Waals surface area contributed by atoms with E-state index in [1.165, 1.54) is 32.1 Å². The predicted molar refractivity (Wildman–Crippen MR) is 53.2 cm³/mol. The molecular weight excluding hydrogens is 164 g/mol. The first-order chi connectivity index (χ1) is 6.33. The van der Waals surface area contributed by atoms with Crippen molar-refractivity contribution in [1.82, 2.24) is 14.8 Å². The molecule has 0 fully saturated rings. The summed E-state index contributed by atoms with van der Waals surface area (Å²) >= 11 is 0. The van der Waals surface area contributed by atoms with Crippen LogP contribution in [0.5, 0.6) is 0 Å². The Hall–Kier alpha value is -1.06. The zero-order valence-electron chi connectivity index (χ0n) is 8.24. The first kappa shape index (κ1) is 10.0. The van der Waals surface area contributed by atoms with E-state index >= 15 is 0 Å². The van der Waals surface area contributed by atoms with Gasteiger partial charge in [-0.3, -0.25) is 4.68 Å². The van der Waals surface area contributed by atoms with Crippen LogP contribution < -0.4 is 5.73 Å². The Morgan fingerprint density at radius 3 is 2.69 bits per heavy atom. The molecule has 0 aliphatic rings. The molecule has 0 radical (unpaired) electrons. The van der Waals surface area contributed by atoms with Crippen molar-refractivity contribution in [3.63, 3.8) is 0 Å². The van der Waals surface area contributed by atoms with Crippen LogP contribution in [-0.4, -0.2) is 14.8 Å². The normalized spacial score (nSPS) is 10.5. The molecule has 4 nitrogen and oxygen atoms in total. The highest BCUT2D eigenvalue weighted by Gasteiger charge is 1.95. The van der Waals surface area contributed by atoms with Crippen molar-refractivity contribution in [2.45, 2.75) is 45.6 Å². The largest absolute Gasteiger partial charge is 0.367 e. The number of nitrogen functional groups attached to an aromatic ring is 1. The maximum atomic E-state index is 5.39. The molecule has 0 bridgehead atoms. The molecule has 0 amide bonds. The minimum atomic E-state index is 0.369. The Morgan fingerprint density at radius 1 is 1.31 bits per heavy atom. The van der Waals surface area contributed by atoms with E-state index in [0.717, 1.165) is 6.54 Å². The van der Waals surface area contributed by atoms with E-state index in [2.05, 4.69) is 17.0 Å². The van der Waals surface area contributed by atoms with Crippen LogP contribution in [0.1, 0.15) is 39.0 Å². The van der Waals surface area contributed by atoms with E-state index in [1.54, 1.807) is 11.0 Å². The molecule has 2 N–H and O–H groups in total. The number of aryl methyl sites for hydroxylation is 1. The Labute approximate surface area is 79.2 Å². The molecule has 1 aromatic rings. The van der Waals surface area contributed by atoms with Crippen LogP contribution in [0.4, 0.5) is 5.95 Å². The van der Waals surface area contributed by atoms with Crippen molar-refractivity contribution in [2.24, 2.45) is 0 Å². The van der Waals surface area contributed by atoms with Crippen molar-refractivity contribution in [1.29, 1.82) is 0 Å². The summed E-state index contributed by atoms with van der Waals surface area (Å²) < 4.78 is 1.81. The Balaban J connectivity index is 2.06. The molecule has 0 atom stereocenters. The van der Waals surface area contributed by atoms with Crippen LogP contribution in [0.3, 0.4) is 0 Å². The van der Waals surface area contributed by atoms with Crippen LogP contribution in [0.15, 0.2) is 6.33 Å². The van der Waals surface area contributed by atoms with Crippen LogP contribution in [-0.2, 0) is 6.54 Å². The third-order valence-corrected chi connectivity index (χ3v) is 2.04. The summed E-state index contributed by atoms with van der Waals surface area (Å²) in [6.07, 6.45) is 8.07. The Kier molecular flexibility index (Phi) is 4.29. The van der Waals surface area contributed by atoms with Gasteiger partial charge in [-0.05, 0) is 6.42 Å². The predicted octanol–water partition coefficient (Wildman–Crippen LogP) is 1.83. The third kappa shape index (κ3) is 3.92. The molecule has 1 rings (SSSR count). The van der Waals surface area contributed by atoms with Crippen molar-refractivity contribution < 1.29 is 0 Å². The van der Waals surface area contributed by atoms with E-state index in [-0.39, 0.29) is 0 Å². The molecular formula is C9H18N4. The number of unbranched alkanes of at least 4 members (excludes halogenated alkanes) is 4. The summed E-state index contributed by atoms with van der Waals surface area (Å²) in [5, 5.41) is 4.01. The molecule has 0 aliphatic heterocycles. The van der Waals surface area contributed by atoms with Gasteiger partial charge in [0.25, 0.3) is 0 Å². The number of hydrogen-bond acceptors (Lipinski definition) is 3. The fraction of sp³-hybridized carbons (Fsp3) is 0.778. The van der Waals surface area contributed by atoms with Crippen molar-refractivity contribution in [3.05, 3.63) is 6.33 Å². The number of aromatic nitrogens is 3. The van der Waals surface area contributed by atoms with Gasteiger partial charge in [-0.2, -0.15) is 0 Å². The summed E-state index contributed by atoms with van der Waals surface area (Å²) in [5.74, 6) is 0.369. The molecule has 1 heterocycles. The topological polar surface area (TPSA) is 56.7 Å². The number of nitrogens with zero attached hydrogens (tertiary/aromatic N) is 3. The maximum Gasteiger partial charge on any atom is 0.239 e. The number of anilines is 1. The summed E-state index contributed by atoms with van der Waals surface area (Å²) in [7, 11) is 0. The van der Waals surface area contributed by atoms with E-state index in [9.17, 15) is 0 Å². The van der Waals surface area contributed by atoms with Gasteiger partial charge in [-0.15, -0.1) is 5.10 Å². The molecule has 0 aliphatic carbocycles. The van der Waals surface area contributed by atoms with Gasteiger partial charge in [0.1, 0.15) is 6.33 Å². The first-order valence-corrected chi connectivity index (χ1v) is 4.98.